The number of hydrogen-bond acceptors (Lipinski definition) is 4. The van der Waals surface area contributed by atoms with Crippen LogP contribution >= 0.6 is 0 Å². The number of aliphatic carboxylic acids is 1. The summed E-state index contributed by atoms with van der Waals surface area (Å²) in [6, 6.07) is 6.35. The normalized spacial score (nSPS) is 24.8. The molecule has 1 aromatic carbocycles. The van der Waals surface area contributed by atoms with Crippen LogP contribution in [0.3, 0.4) is 0 Å². The number of carboxylic acid groups (broad SMARTS) is 1. The van der Waals surface area contributed by atoms with Crippen molar-refractivity contribution in [3.05, 3.63) is 29.8 Å². The average Bonchev–Trinajstić information content (AvgIpc) is 2.52. The van der Waals surface area contributed by atoms with E-state index in [-0.39, 0.29) is 59.6 Å². The van der Waals surface area contributed by atoms with E-state index < -0.39 is 24.4 Å². The second kappa shape index (κ2) is 9.50. The predicted molar refractivity (Wildman–Crippen MR) is 80.1 cm³/mol. The fourth-order valence-corrected chi connectivity index (χ4v) is 3.29. The minimum Gasteiger partial charge on any atom is -0.550 e. The molecule has 4 atom stereocenters. The number of alkyl halides is 2. The Labute approximate surface area is 167 Å². The zero-order chi connectivity index (χ0) is 17.9. The van der Waals surface area contributed by atoms with Gasteiger partial charge in [0.1, 0.15) is 5.75 Å². The molecule has 1 aliphatic carbocycles. The third-order valence-electron chi connectivity index (χ3n) is 4.81. The first kappa shape index (κ1) is 21.9. The number of para-hydroxylation sites is 1. The molecule has 0 saturated heterocycles. The molecule has 1 saturated carbocycles. The number of halogens is 2. The van der Waals surface area contributed by atoms with Crippen LogP contribution in [0.4, 0.5) is 8.78 Å². The van der Waals surface area contributed by atoms with E-state index in [0.717, 1.165) is 0 Å². The zero-order valence-electron chi connectivity index (χ0n) is 14.5. The second-order valence-corrected chi connectivity index (χ2v) is 6.12. The molecule has 0 aromatic heterocycles. The molecule has 0 aliphatic heterocycles. The maximum atomic E-state index is 12.4. The van der Waals surface area contributed by atoms with Gasteiger partial charge in [0.05, 0.1) is 0 Å². The molecule has 132 valence electrons. The van der Waals surface area contributed by atoms with Crippen LogP contribution < -0.4 is 44.7 Å². The van der Waals surface area contributed by atoms with Crippen molar-refractivity contribution in [3.63, 3.8) is 0 Å². The first-order chi connectivity index (χ1) is 11.3. The van der Waals surface area contributed by atoms with E-state index in [9.17, 15) is 23.5 Å². The Morgan fingerprint density at radius 2 is 1.80 bits per heavy atom. The molecule has 8 heteroatoms. The number of benzene rings is 1. The molecule has 2 rings (SSSR count). The van der Waals surface area contributed by atoms with Gasteiger partial charge in [-0.25, -0.2) is 0 Å². The SMILES string of the molecule is CC1C(C)[C@H](C(=O)NCCc2ccccc2OC(F)F)[C@@H]1C(=O)[O-].[Na+]. The Bertz CT molecular complexity index is 614. The molecule has 1 N–H and O–H groups in total. The van der Waals surface area contributed by atoms with E-state index >= 15 is 0 Å². The van der Waals surface area contributed by atoms with Crippen molar-refractivity contribution in [2.45, 2.75) is 26.9 Å². The molecule has 5 nitrogen and oxygen atoms in total. The molecule has 2 unspecified atom stereocenters. The van der Waals surface area contributed by atoms with Crippen molar-refractivity contribution in [1.29, 1.82) is 0 Å². The number of amides is 1. The minimum atomic E-state index is -2.91. The van der Waals surface area contributed by atoms with Crippen LogP contribution in [-0.4, -0.2) is 25.0 Å². The van der Waals surface area contributed by atoms with Crippen LogP contribution in [-0.2, 0) is 16.0 Å². The Morgan fingerprint density at radius 3 is 2.40 bits per heavy atom. The van der Waals surface area contributed by atoms with Gasteiger partial charge >= 0.3 is 36.2 Å². The fraction of sp³-hybridized carbons (Fsp3) is 0.529. The van der Waals surface area contributed by atoms with Crippen LogP contribution in [0.15, 0.2) is 24.3 Å². The summed E-state index contributed by atoms with van der Waals surface area (Å²) in [4.78, 5) is 23.3. The smallest absolute Gasteiger partial charge is 0.550 e. The van der Waals surface area contributed by atoms with E-state index in [1.165, 1.54) is 6.07 Å². The van der Waals surface area contributed by atoms with Crippen LogP contribution in [0.2, 0.25) is 0 Å². The third kappa shape index (κ3) is 5.15. The maximum Gasteiger partial charge on any atom is 1.00 e. The Balaban J connectivity index is 0.00000312. The molecule has 0 heterocycles. The number of carboxylic acids is 1. The van der Waals surface area contributed by atoms with E-state index in [4.69, 9.17) is 0 Å². The standard InChI is InChI=1S/C17H21F2NO4.Na/c1-9-10(2)14(16(22)23)13(9)15(21)20-8-7-11-5-3-4-6-12(11)24-17(18)19;/h3-6,9-10,13-14,17H,7-8H2,1-2H3,(H,20,21)(H,22,23);/q;+1/p-1/t9?,10?,13-,14+;/m0./s1. The molecule has 1 aliphatic rings. The van der Waals surface area contributed by atoms with Crippen molar-refractivity contribution >= 4 is 11.9 Å². The van der Waals surface area contributed by atoms with Crippen molar-refractivity contribution in [3.8, 4) is 5.75 Å². The summed E-state index contributed by atoms with van der Waals surface area (Å²) in [5.41, 5.74) is 0.546. The number of hydrogen-bond donors (Lipinski definition) is 1. The van der Waals surface area contributed by atoms with Gasteiger partial charge in [-0.05, 0) is 29.9 Å². The third-order valence-corrected chi connectivity index (χ3v) is 4.81. The van der Waals surface area contributed by atoms with E-state index in [1.807, 2.05) is 6.92 Å². The molecular formula is C17H20F2NNaO4. The molecule has 0 spiro atoms. The molecular weight excluding hydrogens is 343 g/mol. The van der Waals surface area contributed by atoms with Crippen molar-refractivity contribution < 1.29 is 57.8 Å². The van der Waals surface area contributed by atoms with Crippen molar-refractivity contribution in [1.82, 2.24) is 5.32 Å². The first-order valence-corrected chi connectivity index (χ1v) is 7.84. The molecule has 1 fully saturated rings. The Morgan fingerprint density at radius 1 is 1.20 bits per heavy atom. The number of nitrogens with one attached hydrogen (secondary N) is 1. The summed E-state index contributed by atoms with van der Waals surface area (Å²) in [5, 5.41) is 13.8. The molecule has 0 radical (unpaired) electrons. The summed E-state index contributed by atoms with van der Waals surface area (Å²) < 4.78 is 29.1. The molecule has 0 bridgehead atoms. The van der Waals surface area contributed by atoms with E-state index in [1.54, 1.807) is 25.1 Å². The van der Waals surface area contributed by atoms with Gasteiger partial charge in [0.15, 0.2) is 0 Å². The van der Waals surface area contributed by atoms with Gasteiger partial charge < -0.3 is 20.0 Å². The van der Waals surface area contributed by atoms with Crippen LogP contribution in [0, 0.1) is 23.7 Å². The summed E-state index contributed by atoms with van der Waals surface area (Å²) >= 11 is 0. The Kier molecular flexibility index (Phi) is 8.31. The zero-order valence-corrected chi connectivity index (χ0v) is 16.5. The van der Waals surface area contributed by atoms with Crippen molar-refractivity contribution in [2.75, 3.05) is 6.54 Å². The maximum absolute atomic E-state index is 12.4. The van der Waals surface area contributed by atoms with E-state index in [0.29, 0.717) is 12.0 Å². The summed E-state index contributed by atoms with van der Waals surface area (Å²) in [7, 11) is 0. The van der Waals surface area contributed by atoms with Crippen LogP contribution in [0.1, 0.15) is 19.4 Å². The largest absolute Gasteiger partial charge is 1.00 e. The first-order valence-electron chi connectivity index (χ1n) is 7.84. The quantitative estimate of drug-likeness (QED) is 0.581. The van der Waals surface area contributed by atoms with Gasteiger partial charge in [-0.3, -0.25) is 4.79 Å². The van der Waals surface area contributed by atoms with Crippen molar-refractivity contribution in [2.24, 2.45) is 23.7 Å². The monoisotopic (exact) mass is 363 g/mol. The summed E-state index contributed by atoms with van der Waals surface area (Å²) in [6.45, 7) is 0.911. The number of rotatable bonds is 7. The average molecular weight is 363 g/mol. The summed E-state index contributed by atoms with van der Waals surface area (Å²) in [6.07, 6.45) is 0.307. The number of carbonyl (C=O) groups is 2. The second-order valence-electron chi connectivity index (χ2n) is 6.12. The van der Waals surface area contributed by atoms with Crippen LogP contribution in [0.25, 0.3) is 0 Å². The minimum absolute atomic E-state index is 0. The van der Waals surface area contributed by atoms with Gasteiger partial charge in [0.2, 0.25) is 5.91 Å². The molecule has 1 aromatic rings. The summed E-state index contributed by atoms with van der Waals surface area (Å²) in [5.74, 6) is -3.03. The number of ether oxygens (including phenoxy) is 1. The Hall–Kier alpha value is -1.18. The molecule has 25 heavy (non-hydrogen) atoms. The number of carbonyl (C=O) groups excluding carboxylic acids is 2. The van der Waals surface area contributed by atoms with Gasteiger partial charge in [-0.15, -0.1) is 0 Å². The predicted octanol–water partition coefficient (Wildman–Crippen LogP) is -1.78. The van der Waals surface area contributed by atoms with Crippen LogP contribution in [0.5, 0.6) is 5.75 Å². The fourth-order valence-electron chi connectivity index (χ4n) is 3.29. The van der Waals surface area contributed by atoms with E-state index in [2.05, 4.69) is 10.1 Å². The molecule has 1 amide bonds. The topological polar surface area (TPSA) is 78.5 Å². The van der Waals surface area contributed by atoms with Gasteiger partial charge in [-0.1, -0.05) is 32.0 Å². The van der Waals surface area contributed by atoms with Gasteiger partial charge in [0.25, 0.3) is 0 Å². The van der Waals surface area contributed by atoms with Gasteiger partial charge in [-0.2, -0.15) is 8.78 Å². The van der Waals surface area contributed by atoms with Gasteiger partial charge in [0, 0.05) is 24.3 Å².